The molecule has 0 saturated heterocycles. The summed E-state index contributed by atoms with van der Waals surface area (Å²) in [4.78, 5) is 17.8. The molecule has 0 amide bonds. The second-order valence-corrected chi connectivity index (χ2v) is 3.41. The number of hydrogen-bond donors (Lipinski definition) is 2. The van der Waals surface area contributed by atoms with Gasteiger partial charge in [0.2, 0.25) is 0 Å². The van der Waals surface area contributed by atoms with Crippen LogP contribution in [0.1, 0.15) is 5.82 Å². The molecule has 0 bridgehead atoms. The molecule has 0 radical (unpaired) electrons. The maximum Gasteiger partial charge on any atom is 0.269 e. The van der Waals surface area contributed by atoms with Crippen LogP contribution < -0.4 is 5.56 Å². The third-order valence-corrected chi connectivity index (χ3v) is 2.49. The summed E-state index contributed by atoms with van der Waals surface area (Å²) in [5, 5.41) is 10.8. The summed E-state index contributed by atoms with van der Waals surface area (Å²) in [5.74, 6) is -0.110. The average molecular weight is 194 g/mol. The van der Waals surface area contributed by atoms with Crippen molar-refractivity contribution < 1.29 is 5.11 Å². The Kier molecular flexibility index (Phi) is 1.66. The number of hydrogen-bond acceptors (Lipinski definition) is 4. The van der Waals surface area contributed by atoms with Crippen molar-refractivity contribution in [1.29, 1.82) is 0 Å². The molecule has 4 nitrogen and oxygen atoms in total. The van der Waals surface area contributed by atoms with Gasteiger partial charge < -0.3 is 10.1 Å². The molecule has 0 aliphatic heterocycles. The molecule has 2 heterocycles. The quantitative estimate of drug-likeness (QED) is 0.676. The second kappa shape index (κ2) is 2.70. The van der Waals surface area contributed by atoms with Gasteiger partial charge in [-0.15, -0.1) is 11.3 Å². The first-order chi connectivity index (χ1) is 6.18. The number of thiophene rings is 1. The van der Waals surface area contributed by atoms with Crippen LogP contribution >= 0.6 is 11.3 Å². The van der Waals surface area contributed by atoms with E-state index in [1.807, 2.05) is 0 Å². The molecule has 2 rings (SSSR count). The normalized spacial score (nSPS) is 10.5. The van der Waals surface area contributed by atoms with Crippen molar-refractivity contribution in [2.24, 2.45) is 0 Å². The Bertz CT molecular complexity index is 526. The summed E-state index contributed by atoms with van der Waals surface area (Å²) in [7, 11) is 0. The summed E-state index contributed by atoms with van der Waals surface area (Å²) < 4.78 is 0.560. The molecule has 0 aromatic carbocycles. The molecule has 0 spiro atoms. The molecule has 0 unspecified atom stereocenters. The fourth-order valence-electron chi connectivity index (χ4n) is 1.01. The van der Waals surface area contributed by atoms with Crippen LogP contribution in [0.3, 0.4) is 0 Å². The minimum absolute atomic E-state index is 0.121. The van der Waals surface area contributed by atoms with E-state index in [0.29, 0.717) is 10.2 Å². The van der Waals surface area contributed by atoms with Crippen molar-refractivity contribution >= 4 is 27.3 Å². The number of rotatable bonds is 1. The van der Waals surface area contributed by atoms with Crippen molar-refractivity contribution in [1.82, 2.24) is 9.97 Å². The topological polar surface area (TPSA) is 66.0 Å². The van der Waals surface area contributed by atoms with Gasteiger partial charge in [-0.25, -0.2) is 4.98 Å². The molecular formula is C8H6N2O2S. The van der Waals surface area contributed by atoms with Gasteiger partial charge in [-0.3, -0.25) is 4.79 Å². The summed E-state index contributed by atoms with van der Waals surface area (Å²) in [6.07, 6.45) is 0. The lowest BCUT2D eigenvalue weighted by atomic mass is 10.4. The predicted octanol–water partition coefficient (Wildman–Crippen LogP) is 1.51. The monoisotopic (exact) mass is 194 g/mol. The zero-order valence-electron chi connectivity index (χ0n) is 6.57. The zero-order valence-corrected chi connectivity index (χ0v) is 7.39. The standard InChI is InChI=1S/C8H6N2O2S/c1-4(11)7-9-5-2-3-13-6(5)8(12)10-7/h2-3,11H,1H2,(H,9,10,12). The molecule has 66 valence electrons. The third-order valence-electron chi connectivity index (χ3n) is 1.59. The fraction of sp³-hybridized carbons (Fsp3) is 0. The van der Waals surface area contributed by atoms with Crippen LogP contribution in [0.4, 0.5) is 0 Å². The van der Waals surface area contributed by atoms with Crippen LogP contribution in [0.5, 0.6) is 0 Å². The van der Waals surface area contributed by atoms with Gasteiger partial charge in [0, 0.05) is 0 Å². The van der Waals surface area contributed by atoms with Crippen LogP contribution in [0.25, 0.3) is 16.0 Å². The molecule has 2 aromatic rings. The Balaban J connectivity index is 2.85. The number of nitrogens with zero attached hydrogens (tertiary/aromatic N) is 1. The van der Waals surface area contributed by atoms with Crippen LogP contribution in [0.15, 0.2) is 22.8 Å². The molecule has 0 aliphatic carbocycles. The Labute approximate surface area is 77.2 Å². The summed E-state index contributed by atoms with van der Waals surface area (Å²) in [6, 6.07) is 1.72. The number of aromatic amines is 1. The number of nitrogens with one attached hydrogen (secondary N) is 1. The fourth-order valence-corrected chi connectivity index (χ4v) is 1.74. The highest BCUT2D eigenvalue weighted by atomic mass is 32.1. The van der Waals surface area contributed by atoms with Crippen LogP contribution in [0.2, 0.25) is 0 Å². The third kappa shape index (κ3) is 1.23. The molecule has 2 N–H and O–H groups in total. The lowest BCUT2D eigenvalue weighted by molar-refractivity contribution is 0.507. The number of aromatic nitrogens is 2. The maximum absolute atomic E-state index is 11.3. The van der Waals surface area contributed by atoms with Gasteiger partial charge in [-0.1, -0.05) is 6.58 Å². The minimum atomic E-state index is -0.245. The van der Waals surface area contributed by atoms with Crippen LogP contribution in [-0.2, 0) is 0 Å². The van der Waals surface area contributed by atoms with Crippen LogP contribution in [0, 0.1) is 0 Å². The summed E-state index contributed by atoms with van der Waals surface area (Å²) >= 11 is 1.32. The molecule has 0 fully saturated rings. The van der Waals surface area contributed by atoms with E-state index in [4.69, 9.17) is 5.11 Å². The van der Waals surface area contributed by atoms with E-state index in [-0.39, 0.29) is 17.1 Å². The largest absolute Gasteiger partial charge is 0.505 e. The van der Waals surface area contributed by atoms with E-state index in [0.717, 1.165) is 0 Å². The first-order valence-corrected chi connectivity index (χ1v) is 4.42. The number of aliphatic hydroxyl groups excluding tert-OH is 1. The first kappa shape index (κ1) is 8.00. The van der Waals surface area contributed by atoms with Gasteiger partial charge in [-0.2, -0.15) is 0 Å². The van der Waals surface area contributed by atoms with Gasteiger partial charge in [0.1, 0.15) is 4.70 Å². The summed E-state index contributed by atoms with van der Waals surface area (Å²) in [5.41, 5.74) is 0.337. The van der Waals surface area contributed by atoms with E-state index in [1.54, 1.807) is 11.4 Å². The smallest absolute Gasteiger partial charge is 0.269 e. The first-order valence-electron chi connectivity index (χ1n) is 3.54. The number of H-pyrrole nitrogens is 1. The van der Waals surface area contributed by atoms with Gasteiger partial charge in [0.15, 0.2) is 11.6 Å². The summed E-state index contributed by atoms with van der Waals surface area (Å²) in [6.45, 7) is 3.28. The Hall–Kier alpha value is -1.62. The van der Waals surface area contributed by atoms with Gasteiger partial charge in [0.25, 0.3) is 5.56 Å². The van der Waals surface area contributed by atoms with E-state index in [1.165, 1.54) is 11.3 Å². The average Bonchev–Trinajstić information content (AvgIpc) is 2.51. The molecule has 2 aromatic heterocycles. The lowest BCUT2D eigenvalue weighted by Crippen LogP contribution is -2.09. The Morgan fingerprint density at radius 3 is 3.15 bits per heavy atom. The Morgan fingerprint density at radius 2 is 2.46 bits per heavy atom. The SMILES string of the molecule is C=C(O)c1nc2ccsc2c(=O)[nH]1. The van der Waals surface area contributed by atoms with E-state index in [9.17, 15) is 4.79 Å². The van der Waals surface area contributed by atoms with Gasteiger partial charge in [-0.05, 0) is 11.4 Å². The van der Waals surface area contributed by atoms with Crippen molar-refractivity contribution in [3.05, 3.63) is 34.2 Å². The lowest BCUT2D eigenvalue weighted by Gasteiger charge is -1.96. The van der Waals surface area contributed by atoms with Crippen molar-refractivity contribution in [3.8, 4) is 0 Å². The molecule has 0 atom stereocenters. The van der Waals surface area contributed by atoms with Crippen LogP contribution in [-0.4, -0.2) is 15.1 Å². The van der Waals surface area contributed by atoms with E-state index < -0.39 is 0 Å². The Morgan fingerprint density at radius 1 is 1.69 bits per heavy atom. The zero-order chi connectivity index (χ0) is 9.42. The highest BCUT2D eigenvalue weighted by Crippen LogP contribution is 2.14. The highest BCUT2D eigenvalue weighted by Gasteiger charge is 2.05. The molecule has 0 saturated carbocycles. The minimum Gasteiger partial charge on any atom is -0.505 e. The predicted molar refractivity (Wildman–Crippen MR) is 51.9 cm³/mol. The molecular weight excluding hydrogens is 188 g/mol. The number of aliphatic hydroxyl groups is 1. The van der Waals surface area contributed by atoms with Gasteiger partial charge >= 0.3 is 0 Å². The van der Waals surface area contributed by atoms with E-state index in [2.05, 4.69) is 16.5 Å². The van der Waals surface area contributed by atoms with Gasteiger partial charge in [0.05, 0.1) is 5.52 Å². The molecule has 5 heteroatoms. The maximum atomic E-state index is 11.3. The van der Waals surface area contributed by atoms with Crippen molar-refractivity contribution in [2.45, 2.75) is 0 Å². The second-order valence-electron chi connectivity index (χ2n) is 2.50. The molecule has 0 aliphatic rings. The van der Waals surface area contributed by atoms with E-state index >= 15 is 0 Å². The van der Waals surface area contributed by atoms with Crippen molar-refractivity contribution in [3.63, 3.8) is 0 Å². The molecule has 13 heavy (non-hydrogen) atoms. The van der Waals surface area contributed by atoms with Crippen molar-refractivity contribution in [2.75, 3.05) is 0 Å². The highest BCUT2D eigenvalue weighted by molar-refractivity contribution is 7.17. The number of fused-ring (bicyclic) bond motifs is 1.